The van der Waals surface area contributed by atoms with Gasteiger partial charge in [-0.2, -0.15) is 16.7 Å². The SMILES string of the molecule is CSCc1nc(-c2ccc(OC(C)C)c(Cl)c2)no1. The molecule has 0 aliphatic heterocycles. The van der Waals surface area contributed by atoms with Gasteiger partial charge in [-0.25, -0.2) is 0 Å². The van der Waals surface area contributed by atoms with Gasteiger partial charge in [0.1, 0.15) is 5.75 Å². The van der Waals surface area contributed by atoms with E-state index in [-0.39, 0.29) is 6.10 Å². The second-order valence-corrected chi connectivity index (χ2v) is 5.53. The van der Waals surface area contributed by atoms with E-state index in [0.29, 0.717) is 28.2 Å². The lowest BCUT2D eigenvalue weighted by Gasteiger charge is -2.11. The zero-order valence-electron chi connectivity index (χ0n) is 11.0. The third kappa shape index (κ3) is 3.64. The van der Waals surface area contributed by atoms with Gasteiger partial charge in [0.05, 0.1) is 16.9 Å². The number of rotatable bonds is 5. The monoisotopic (exact) mass is 298 g/mol. The average Bonchev–Trinajstić information content (AvgIpc) is 2.80. The van der Waals surface area contributed by atoms with Crippen molar-refractivity contribution in [1.29, 1.82) is 0 Å². The molecule has 1 heterocycles. The molecule has 1 aromatic carbocycles. The van der Waals surface area contributed by atoms with E-state index in [0.717, 1.165) is 5.56 Å². The van der Waals surface area contributed by atoms with Crippen LogP contribution in [0.4, 0.5) is 0 Å². The van der Waals surface area contributed by atoms with Crippen molar-refractivity contribution in [3.63, 3.8) is 0 Å². The highest BCUT2D eigenvalue weighted by molar-refractivity contribution is 7.97. The molecule has 0 bridgehead atoms. The van der Waals surface area contributed by atoms with E-state index < -0.39 is 0 Å². The van der Waals surface area contributed by atoms with Crippen LogP contribution in [0.5, 0.6) is 5.75 Å². The maximum Gasteiger partial charge on any atom is 0.236 e. The van der Waals surface area contributed by atoms with Crippen LogP contribution < -0.4 is 4.74 Å². The maximum atomic E-state index is 6.18. The molecule has 102 valence electrons. The molecule has 0 aliphatic rings. The fourth-order valence-electron chi connectivity index (χ4n) is 1.54. The van der Waals surface area contributed by atoms with Gasteiger partial charge < -0.3 is 9.26 Å². The highest BCUT2D eigenvalue weighted by Gasteiger charge is 2.11. The molecule has 2 rings (SSSR count). The first kappa shape index (κ1) is 14.2. The number of thioether (sulfide) groups is 1. The number of aromatic nitrogens is 2. The summed E-state index contributed by atoms with van der Waals surface area (Å²) in [4.78, 5) is 4.30. The lowest BCUT2D eigenvalue weighted by Crippen LogP contribution is -2.05. The van der Waals surface area contributed by atoms with E-state index in [1.165, 1.54) is 0 Å². The summed E-state index contributed by atoms with van der Waals surface area (Å²) in [7, 11) is 0. The van der Waals surface area contributed by atoms with Gasteiger partial charge in [0.2, 0.25) is 11.7 Å². The van der Waals surface area contributed by atoms with E-state index in [1.54, 1.807) is 17.8 Å². The summed E-state index contributed by atoms with van der Waals surface area (Å²) in [6.07, 6.45) is 2.07. The minimum Gasteiger partial charge on any atom is -0.489 e. The molecule has 0 atom stereocenters. The van der Waals surface area contributed by atoms with E-state index >= 15 is 0 Å². The molecule has 6 heteroatoms. The van der Waals surface area contributed by atoms with Crippen molar-refractivity contribution in [2.75, 3.05) is 6.26 Å². The Kier molecular flexibility index (Phi) is 4.71. The predicted octanol–water partition coefficient (Wildman–Crippen LogP) is 4.04. The number of hydrogen-bond acceptors (Lipinski definition) is 5. The predicted molar refractivity (Wildman–Crippen MR) is 77.7 cm³/mol. The van der Waals surface area contributed by atoms with Crippen molar-refractivity contribution in [1.82, 2.24) is 10.1 Å². The van der Waals surface area contributed by atoms with Crippen LogP contribution in [0.3, 0.4) is 0 Å². The number of ether oxygens (including phenoxy) is 1. The Labute approximate surface area is 121 Å². The number of hydrogen-bond donors (Lipinski definition) is 0. The van der Waals surface area contributed by atoms with Gasteiger partial charge in [0, 0.05) is 5.56 Å². The third-order valence-corrected chi connectivity index (χ3v) is 3.12. The Balaban J connectivity index is 2.22. The molecule has 1 aromatic heterocycles. The zero-order chi connectivity index (χ0) is 13.8. The third-order valence-electron chi connectivity index (χ3n) is 2.29. The van der Waals surface area contributed by atoms with E-state index in [1.807, 2.05) is 32.2 Å². The molecule has 0 saturated carbocycles. The zero-order valence-corrected chi connectivity index (χ0v) is 12.6. The van der Waals surface area contributed by atoms with Crippen molar-refractivity contribution >= 4 is 23.4 Å². The van der Waals surface area contributed by atoms with Crippen molar-refractivity contribution < 1.29 is 9.26 Å². The van der Waals surface area contributed by atoms with Gasteiger partial charge in [-0.05, 0) is 38.3 Å². The Morgan fingerprint density at radius 3 is 2.84 bits per heavy atom. The Bertz CT molecular complexity index is 557. The van der Waals surface area contributed by atoms with Gasteiger partial charge in [-0.1, -0.05) is 16.8 Å². The standard InChI is InChI=1S/C13H15ClN2O2S/c1-8(2)17-11-5-4-9(6-10(11)14)13-15-12(7-19-3)18-16-13/h4-6,8H,7H2,1-3H3. The molecule has 19 heavy (non-hydrogen) atoms. The van der Waals surface area contributed by atoms with Crippen LogP contribution in [0.15, 0.2) is 22.7 Å². The molecule has 2 aromatic rings. The summed E-state index contributed by atoms with van der Waals surface area (Å²) in [6, 6.07) is 5.48. The minimum atomic E-state index is 0.0849. The second-order valence-electron chi connectivity index (χ2n) is 4.26. The molecule has 0 amide bonds. The average molecular weight is 299 g/mol. The number of nitrogens with zero attached hydrogens (tertiary/aromatic N) is 2. The lowest BCUT2D eigenvalue weighted by atomic mass is 10.2. The molecule has 0 saturated heterocycles. The fraction of sp³-hybridized carbons (Fsp3) is 0.385. The van der Waals surface area contributed by atoms with Crippen LogP contribution >= 0.6 is 23.4 Å². The summed E-state index contributed by atoms with van der Waals surface area (Å²) in [5, 5.41) is 4.48. The summed E-state index contributed by atoms with van der Waals surface area (Å²) < 4.78 is 10.7. The van der Waals surface area contributed by atoms with Gasteiger partial charge >= 0.3 is 0 Å². The van der Waals surface area contributed by atoms with Gasteiger partial charge in [-0.3, -0.25) is 0 Å². The van der Waals surface area contributed by atoms with Crippen LogP contribution in [0.1, 0.15) is 19.7 Å². The first-order valence-corrected chi connectivity index (χ1v) is 7.65. The normalized spacial score (nSPS) is 11.0. The van der Waals surface area contributed by atoms with Crippen molar-refractivity contribution in [3.05, 3.63) is 29.1 Å². The minimum absolute atomic E-state index is 0.0849. The number of halogens is 1. The van der Waals surface area contributed by atoms with Gasteiger partial charge in [0.25, 0.3) is 0 Å². The van der Waals surface area contributed by atoms with E-state index in [4.69, 9.17) is 20.9 Å². The van der Waals surface area contributed by atoms with Crippen LogP contribution in [-0.2, 0) is 5.75 Å². The quantitative estimate of drug-likeness (QED) is 0.833. The Hall–Kier alpha value is -1.20. The van der Waals surface area contributed by atoms with E-state index in [9.17, 15) is 0 Å². The smallest absolute Gasteiger partial charge is 0.236 e. The van der Waals surface area contributed by atoms with E-state index in [2.05, 4.69) is 10.1 Å². The van der Waals surface area contributed by atoms with Gasteiger partial charge in [-0.15, -0.1) is 0 Å². The van der Waals surface area contributed by atoms with Gasteiger partial charge in [0.15, 0.2) is 0 Å². The van der Waals surface area contributed by atoms with Crippen LogP contribution in [0.25, 0.3) is 11.4 Å². The topological polar surface area (TPSA) is 48.2 Å². The number of benzene rings is 1. The first-order chi connectivity index (χ1) is 9.10. The molecule has 0 N–H and O–H groups in total. The van der Waals surface area contributed by atoms with Crippen molar-refractivity contribution in [2.45, 2.75) is 25.7 Å². The maximum absolute atomic E-state index is 6.18. The lowest BCUT2D eigenvalue weighted by molar-refractivity contribution is 0.242. The molecule has 0 unspecified atom stereocenters. The summed E-state index contributed by atoms with van der Waals surface area (Å²) in [5.74, 6) is 2.52. The van der Waals surface area contributed by atoms with Crippen molar-refractivity contribution in [3.8, 4) is 17.1 Å². The van der Waals surface area contributed by atoms with Crippen molar-refractivity contribution in [2.24, 2.45) is 0 Å². The van der Waals surface area contributed by atoms with Crippen LogP contribution in [0, 0.1) is 0 Å². The van der Waals surface area contributed by atoms with Crippen LogP contribution in [0.2, 0.25) is 5.02 Å². The molecular formula is C13H15ClN2O2S. The molecule has 0 fully saturated rings. The summed E-state index contributed by atoms with van der Waals surface area (Å²) in [5.41, 5.74) is 0.817. The molecule has 0 radical (unpaired) electrons. The summed E-state index contributed by atoms with van der Waals surface area (Å²) in [6.45, 7) is 3.91. The highest BCUT2D eigenvalue weighted by Crippen LogP contribution is 2.30. The second kappa shape index (κ2) is 6.30. The summed E-state index contributed by atoms with van der Waals surface area (Å²) >= 11 is 7.81. The molecular weight excluding hydrogens is 284 g/mol. The largest absolute Gasteiger partial charge is 0.489 e. The molecule has 0 aliphatic carbocycles. The fourth-order valence-corrected chi connectivity index (χ4v) is 2.13. The van der Waals surface area contributed by atoms with Crippen LogP contribution in [-0.4, -0.2) is 22.5 Å². The molecule has 4 nitrogen and oxygen atoms in total. The Morgan fingerprint density at radius 1 is 1.42 bits per heavy atom. The molecule has 0 spiro atoms. The Morgan fingerprint density at radius 2 is 2.21 bits per heavy atom. The highest BCUT2D eigenvalue weighted by atomic mass is 35.5. The first-order valence-electron chi connectivity index (χ1n) is 5.88.